The first-order valence-electron chi connectivity index (χ1n) is 1.87. The first kappa shape index (κ1) is 5.53. The van der Waals surface area contributed by atoms with Gasteiger partial charge in [0.15, 0.2) is 0 Å². The quantitative estimate of drug-likeness (QED) is 0.437. The summed E-state index contributed by atoms with van der Waals surface area (Å²) in [6.45, 7) is 1.64. The fraction of sp³-hybridized carbons (Fsp3) is 0.667. The molecule has 34 valence electrons. The number of hydrogen-bond donors (Lipinski definition) is 1. The minimum Gasteiger partial charge on any atom is -0.482 e. The summed E-state index contributed by atoms with van der Waals surface area (Å²) in [6.07, 6.45) is 0. The monoisotopic (exact) mass is 86.1 g/mol. The predicted octanol–water partition coefficient (Wildman–Crippen LogP) is -0.488. The molecule has 1 N–H and O–H groups in total. The van der Waals surface area contributed by atoms with Gasteiger partial charge < -0.3 is 5.11 Å². The maximum absolute atomic E-state index is 9.70. The lowest BCUT2D eigenvalue weighted by Crippen LogP contribution is -2.01. The van der Waals surface area contributed by atoms with Gasteiger partial charge in [0.1, 0.15) is 7.85 Å². The molecule has 0 saturated carbocycles. The average Bonchev–Trinajstić information content (AvgIpc) is 1.36. The zero-order valence-electron chi connectivity index (χ0n) is 3.93. The molecule has 6 heavy (non-hydrogen) atoms. The minimum atomic E-state index is -0.741. The Kier molecular flexibility index (Phi) is 1.71. The molecule has 0 radical (unpaired) electrons. The molecule has 0 aromatic carbocycles. The van der Waals surface area contributed by atoms with E-state index in [1.165, 1.54) is 0 Å². The molecule has 0 amide bonds. The second-order valence-corrected chi connectivity index (χ2v) is 1.49. The van der Waals surface area contributed by atoms with Crippen molar-refractivity contribution in [3.8, 4) is 0 Å². The largest absolute Gasteiger partial charge is 0.482 e. The van der Waals surface area contributed by atoms with E-state index in [0.29, 0.717) is 0 Å². The summed E-state index contributed by atoms with van der Waals surface area (Å²) in [4.78, 5) is 9.70. The maximum Gasteiger partial charge on any atom is 0.298 e. The van der Waals surface area contributed by atoms with E-state index in [4.69, 9.17) is 5.11 Å². The van der Waals surface area contributed by atoms with Crippen LogP contribution in [0.1, 0.15) is 6.92 Å². The molecule has 3 heteroatoms. The van der Waals surface area contributed by atoms with Crippen LogP contribution in [0.25, 0.3) is 0 Å². The van der Waals surface area contributed by atoms with Crippen LogP contribution in [0.15, 0.2) is 0 Å². The van der Waals surface area contributed by atoms with Crippen molar-refractivity contribution in [1.82, 2.24) is 0 Å². The Morgan fingerprint density at radius 2 is 2.17 bits per heavy atom. The lowest BCUT2D eigenvalue weighted by molar-refractivity contribution is -0.136. The van der Waals surface area contributed by atoms with Crippen molar-refractivity contribution in [2.24, 2.45) is 0 Å². The molecule has 0 spiro atoms. The van der Waals surface area contributed by atoms with E-state index in [-0.39, 0.29) is 5.82 Å². The summed E-state index contributed by atoms with van der Waals surface area (Å²) in [5.74, 6) is -0.972. The van der Waals surface area contributed by atoms with Crippen molar-refractivity contribution in [1.29, 1.82) is 0 Å². The molecule has 0 aromatic rings. The Bertz CT molecular complexity index is 59.8. The van der Waals surface area contributed by atoms with Crippen LogP contribution in [-0.2, 0) is 4.79 Å². The normalized spacial score (nSPS) is 13.5. The number of carbonyl (C=O) groups is 1. The molecular formula is C3H7BO2. The molecule has 0 fully saturated rings. The van der Waals surface area contributed by atoms with Crippen LogP contribution in [0, 0.1) is 0 Å². The van der Waals surface area contributed by atoms with Gasteiger partial charge in [0.2, 0.25) is 0 Å². The number of aliphatic carboxylic acids is 1. The molecule has 0 aliphatic carbocycles. The average molecular weight is 85.9 g/mol. The Morgan fingerprint density at radius 1 is 2.00 bits per heavy atom. The minimum absolute atomic E-state index is 0.231. The molecular weight excluding hydrogens is 78.8 g/mol. The van der Waals surface area contributed by atoms with Gasteiger partial charge in [-0.3, -0.25) is 4.79 Å². The smallest absolute Gasteiger partial charge is 0.298 e. The molecule has 0 heterocycles. The van der Waals surface area contributed by atoms with E-state index in [2.05, 4.69) is 0 Å². The highest BCUT2D eigenvalue weighted by Crippen LogP contribution is 1.90. The molecule has 0 aromatic heterocycles. The molecule has 0 rings (SSSR count). The molecule has 0 aliphatic heterocycles. The number of carboxylic acid groups (broad SMARTS) is 1. The first-order chi connectivity index (χ1) is 2.64. The highest BCUT2D eigenvalue weighted by molar-refractivity contribution is 6.21. The standard InChI is InChI=1S/C3H7BO2/c1-2(4)3(5)6/h2H,4H2,1H3,(H,5,6)/t2-/m0/s1. The zero-order chi connectivity index (χ0) is 5.15. The van der Waals surface area contributed by atoms with E-state index in [1.54, 1.807) is 14.8 Å². The number of carboxylic acids is 1. The lowest BCUT2D eigenvalue weighted by Gasteiger charge is -1.88. The summed E-state index contributed by atoms with van der Waals surface area (Å²) < 4.78 is 0. The molecule has 0 bridgehead atoms. The van der Waals surface area contributed by atoms with E-state index < -0.39 is 5.97 Å². The zero-order valence-corrected chi connectivity index (χ0v) is 3.93. The van der Waals surface area contributed by atoms with Gasteiger partial charge in [-0.15, -0.1) is 0 Å². The first-order valence-corrected chi connectivity index (χ1v) is 1.87. The van der Waals surface area contributed by atoms with Crippen LogP contribution < -0.4 is 0 Å². The van der Waals surface area contributed by atoms with Gasteiger partial charge in [-0.2, -0.15) is 0 Å². The van der Waals surface area contributed by atoms with Crippen LogP contribution in [-0.4, -0.2) is 18.9 Å². The second-order valence-electron chi connectivity index (χ2n) is 1.49. The highest BCUT2D eigenvalue weighted by atomic mass is 16.4. The van der Waals surface area contributed by atoms with E-state index in [1.807, 2.05) is 0 Å². The van der Waals surface area contributed by atoms with Gasteiger partial charge in [-0.25, -0.2) is 0 Å². The molecule has 0 aliphatic rings. The van der Waals surface area contributed by atoms with Crippen LogP contribution in [0.4, 0.5) is 0 Å². The summed E-state index contributed by atoms with van der Waals surface area (Å²) in [7, 11) is 1.64. The summed E-state index contributed by atoms with van der Waals surface area (Å²) in [5, 5.41) is 7.99. The van der Waals surface area contributed by atoms with Gasteiger partial charge in [-0.05, 0) is 0 Å². The van der Waals surface area contributed by atoms with E-state index in [0.717, 1.165) is 0 Å². The Morgan fingerprint density at radius 3 is 2.17 bits per heavy atom. The third-order valence-corrected chi connectivity index (χ3v) is 0.494. The van der Waals surface area contributed by atoms with Crippen LogP contribution in [0.2, 0.25) is 5.82 Å². The summed E-state index contributed by atoms with van der Waals surface area (Å²) in [6, 6.07) is 0. The summed E-state index contributed by atoms with van der Waals surface area (Å²) in [5.41, 5.74) is 0. The topological polar surface area (TPSA) is 37.3 Å². The van der Waals surface area contributed by atoms with Gasteiger partial charge in [0.25, 0.3) is 5.97 Å². The van der Waals surface area contributed by atoms with E-state index in [9.17, 15) is 4.79 Å². The van der Waals surface area contributed by atoms with E-state index >= 15 is 0 Å². The van der Waals surface area contributed by atoms with Crippen molar-refractivity contribution >= 4 is 13.8 Å². The molecule has 0 saturated heterocycles. The molecule has 2 nitrogen and oxygen atoms in total. The molecule has 1 atom stereocenters. The van der Waals surface area contributed by atoms with Crippen molar-refractivity contribution in [2.75, 3.05) is 0 Å². The fourth-order valence-corrected chi connectivity index (χ4v) is 0. The summed E-state index contributed by atoms with van der Waals surface area (Å²) >= 11 is 0. The van der Waals surface area contributed by atoms with Gasteiger partial charge in [0, 0.05) is 5.82 Å². The van der Waals surface area contributed by atoms with Gasteiger partial charge >= 0.3 is 0 Å². The Labute approximate surface area is 37.6 Å². The molecule has 0 unspecified atom stereocenters. The van der Waals surface area contributed by atoms with Gasteiger partial charge in [0.05, 0.1) is 0 Å². The van der Waals surface area contributed by atoms with Gasteiger partial charge in [-0.1, -0.05) is 6.92 Å². The SMILES string of the molecule is B[C@@H](C)C(=O)O. The van der Waals surface area contributed by atoms with Crippen LogP contribution >= 0.6 is 0 Å². The van der Waals surface area contributed by atoms with Crippen LogP contribution in [0.3, 0.4) is 0 Å². The van der Waals surface area contributed by atoms with Crippen molar-refractivity contribution in [3.05, 3.63) is 0 Å². The fourth-order valence-electron chi connectivity index (χ4n) is 0. The van der Waals surface area contributed by atoms with Crippen molar-refractivity contribution < 1.29 is 9.90 Å². The highest BCUT2D eigenvalue weighted by Gasteiger charge is 1.99. The second kappa shape index (κ2) is 1.85. The van der Waals surface area contributed by atoms with Crippen molar-refractivity contribution in [3.63, 3.8) is 0 Å². The maximum atomic E-state index is 9.70. The number of rotatable bonds is 1. The predicted molar refractivity (Wildman–Crippen MR) is 25.6 cm³/mol. The van der Waals surface area contributed by atoms with Crippen LogP contribution in [0.5, 0.6) is 0 Å². The third-order valence-electron chi connectivity index (χ3n) is 0.494. The third kappa shape index (κ3) is 1.82. The number of hydrogen-bond acceptors (Lipinski definition) is 1. The lowest BCUT2D eigenvalue weighted by atomic mass is 9.90. The van der Waals surface area contributed by atoms with Crippen molar-refractivity contribution in [2.45, 2.75) is 12.7 Å². The Balaban J connectivity index is 3.26. The Hall–Kier alpha value is -0.465.